The lowest BCUT2D eigenvalue weighted by Crippen LogP contribution is -2.52. The highest BCUT2D eigenvalue weighted by Crippen LogP contribution is 2.10. The van der Waals surface area contributed by atoms with E-state index in [4.69, 9.17) is 0 Å². The first-order valence-corrected chi connectivity index (χ1v) is 6.85. The lowest BCUT2D eigenvalue weighted by Gasteiger charge is -2.33. The fourth-order valence-corrected chi connectivity index (χ4v) is 2.35. The number of hydrogen-bond acceptors (Lipinski definition) is 4. The molecule has 0 aliphatic carbocycles. The molecule has 1 amide bonds. The zero-order valence-electron chi connectivity index (χ0n) is 11.7. The van der Waals surface area contributed by atoms with Crippen LogP contribution in [0.4, 0.5) is 4.39 Å². The summed E-state index contributed by atoms with van der Waals surface area (Å²) in [7, 11) is 0. The topological polar surface area (TPSA) is 63.1 Å². The number of nitrogens with zero attached hydrogens (tertiary/aromatic N) is 4. The number of carbonyl (C=O) groups excluding carboxylic acids is 1. The third-order valence-electron chi connectivity index (χ3n) is 3.53. The number of hydrogen-bond donors (Lipinski definition) is 1. The van der Waals surface area contributed by atoms with E-state index in [1.165, 1.54) is 23.1 Å². The summed E-state index contributed by atoms with van der Waals surface area (Å²) in [6, 6.07) is 5.92. The molecular weight excluding hydrogens is 273 g/mol. The van der Waals surface area contributed by atoms with Crippen molar-refractivity contribution >= 4 is 5.91 Å². The minimum atomic E-state index is -0.322. The Morgan fingerprint density at radius 3 is 2.86 bits per heavy atom. The van der Waals surface area contributed by atoms with Crippen LogP contribution in [-0.4, -0.2) is 51.5 Å². The highest BCUT2D eigenvalue weighted by molar-refractivity contribution is 5.92. The molecule has 1 saturated heterocycles. The molecule has 1 N–H and O–H groups in total. The van der Waals surface area contributed by atoms with E-state index in [9.17, 15) is 9.18 Å². The van der Waals surface area contributed by atoms with Crippen LogP contribution in [-0.2, 0) is 0 Å². The predicted molar refractivity (Wildman–Crippen MR) is 74.7 cm³/mol. The molecule has 1 aliphatic rings. The molecule has 1 aliphatic heterocycles. The predicted octanol–water partition coefficient (Wildman–Crippen LogP) is 0.840. The van der Waals surface area contributed by atoms with Crippen molar-refractivity contribution in [3.05, 3.63) is 42.0 Å². The van der Waals surface area contributed by atoms with Gasteiger partial charge in [-0.3, -0.25) is 4.79 Å². The van der Waals surface area contributed by atoms with Gasteiger partial charge in [0.15, 0.2) is 5.69 Å². The molecule has 1 atom stereocenters. The molecular formula is C14H16FN5O. The summed E-state index contributed by atoms with van der Waals surface area (Å²) >= 11 is 0. The van der Waals surface area contributed by atoms with E-state index >= 15 is 0 Å². The maximum Gasteiger partial charge on any atom is 0.276 e. The average Bonchev–Trinajstić information content (AvgIpc) is 2.98. The van der Waals surface area contributed by atoms with Gasteiger partial charge in [-0.25, -0.2) is 4.39 Å². The number of piperazine rings is 1. The maximum absolute atomic E-state index is 12.9. The lowest BCUT2D eigenvalue weighted by molar-refractivity contribution is 0.0649. The van der Waals surface area contributed by atoms with Crippen LogP contribution in [0.25, 0.3) is 5.69 Å². The van der Waals surface area contributed by atoms with Gasteiger partial charge in [0, 0.05) is 25.7 Å². The van der Waals surface area contributed by atoms with Gasteiger partial charge in [0.1, 0.15) is 5.82 Å². The number of benzene rings is 1. The highest BCUT2D eigenvalue weighted by Gasteiger charge is 2.26. The Hall–Kier alpha value is -2.28. The molecule has 1 aromatic heterocycles. The Morgan fingerprint density at radius 1 is 1.38 bits per heavy atom. The van der Waals surface area contributed by atoms with Gasteiger partial charge in [-0.15, -0.1) is 5.10 Å². The first-order valence-electron chi connectivity index (χ1n) is 6.85. The smallest absolute Gasteiger partial charge is 0.276 e. The van der Waals surface area contributed by atoms with E-state index in [1.54, 1.807) is 17.0 Å². The summed E-state index contributed by atoms with van der Waals surface area (Å²) in [6.45, 7) is 4.21. The molecule has 2 heterocycles. The van der Waals surface area contributed by atoms with Crippen LogP contribution in [0.5, 0.6) is 0 Å². The van der Waals surface area contributed by atoms with Crippen LogP contribution in [0, 0.1) is 5.82 Å². The number of halogens is 1. The summed E-state index contributed by atoms with van der Waals surface area (Å²) in [5.41, 5.74) is 0.914. The minimum absolute atomic E-state index is 0.127. The Labute approximate surface area is 121 Å². The standard InChI is InChI=1S/C14H16FN5O/c1-10-8-16-6-7-19(10)14(21)13-9-17-20(18-13)12-4-2-11(15)3-5-12/h2-5,9-10,16H,6-8H2,1H3/t10-/m0/s1. The number of rotatable bonds is 2. The normalized spacial score (nSPS) is 18.8. The van der Waals surface area contributed by atoms with E-state index in [-0.39, 0.29) is 17.8 Å². The molecule has 0 saturated carbocycles. The highest BCUT2D eigenvalue weighted by atomic mass is 19.1. The fourth-order valence-electron chi connectivity index (χ4n) is 2.35. The van der Waals surface area contributed by atoms with Crippen LogP contribution < -0.4 is 5.32 Å². The molecule has 110 valence electrons. The van der Waals surface area contributed by atoms with E-state index in [1.807, 2.05) is 6.92 Å². The molecule has 1 fully saturated rings. The van der Waals surface area contributed by atoms with E-state index < -0.39 is 0 Å². The van der Waals surface area contributed by atoms with Crippen molar-refractivity contribution < 1.29 is 9.18 Å². The summed E-state index contributed by atoms with van der Waals surface area (Å²) in [5.74, 6) is -0.450. The summed E-state index contributed by atoms with van der Waals surface area (Å²) in [4.78, 5) is 15.6. The molecule has 3 rings (SSSR count). The molecule has 0 unspecified atom stereocenters. The second kappa shape index (κ2) is 5.61. The first kappa shape index (κ1) is 13.7. The van der Waals surface area contributed by atoms with Crippen molar-refractivity contribution in [2.45, 2.75) is 13.0 Å². The number of amides is 1. The molecule has 6 nitrogen and oxygen atoms in total. The molecule has 0 spiro atoms. The minimum Gasteiger partial charge on any atom is -0.332 e. The SMILES string of the molecule is C[C@H]1CNCCN1C(=O)c1cnn(-c2ccc(F)cc2)n1. The van der Waals surface area contributed by atoms with Crippen molar-refractivity contribution in [1.29, 1.82) is 0 Å². The van der Waals surface area contributed by atoms with Gasteiger partial charge in [-0.05, 0) is 31.2 Å². The van der Waals surface area contributed by atoms with Crippen LogP contribution in [0.2, 0.25) is 0 Å². The summed E-state index contributed by atoms with van der Waals surface area (Å²) in [5, 5.41) is 11.5. The third kappa shape index (κ3) is 2.78. The van der Waals surface area contributed by atoms with E-state index in [0.717, 1.165) is 13.1 Å². The van der Waals surface area contributed by atoms with Crippen molar-refractivity contribution in [2.75, 3.05) is 19.6 Å². The van der Waals surface area contributed by atoms with Crippen molar-refractivity contribution in [2.24, 2.45) is 0 Å². The van der Waals surface area contributed by atoms with Crippen LogP contribution in [0.15, 0.2) is 30.5 Å². The Kier molecular flexibility index (Phi) is 3.66. The van der Waals surface area contributed by atoms with E-state index in [2.05, 4.69) is 15.5 Å². The van der Waals surface area contributed by atoms with Crippen LogP contribution >= 0.6 is 0 Å². The quantitative estimate of drug-likeness (QED) is 0.890. The van der Waals surface area contributed by atoms with Gasteiger partial charge < -0.3 is 10.2 Å². The zero-order chi connectivity index (χ0) is 14.8. The Bertz CT molecular complexity index is 639. The van der Waals surface area contributed by atoms with Crippen molar-refractivity contribution in [3.8, 4) is 5.69 Å². The van der Waals surface area contributed by atoms with Crippen molar-refractivity contribution in [1.82, 2.24) is 25.2 Å². The second-order valence-electron chi connectivity index (χ2n) is 5.05. The average molecular weight is 289 g/mol. The fraction of sp³-hybridized carbons (Fsp3) is 0.357. The van der Waals surface area contributed by atoms with Gasteiger partial charge in [-0.1, -0.05) is 0 Å². The summed E-state index contributed by atoms with van der Waals surface area (Å²) in [6.07, 6.45) is 1.44. The van der Waals surface area contributed by atoms with Crippen molar-refractivity contribution in [3.63, 3.8) is 0 Å². The van der Waals surface area contributed by atoms with Gasteiger partial charge in [0.05, 0.1) is 11.9 Å². The number of carbonyl (C=O) groups is 1. The van der Waals surface area contributed by atoms with Gasteiger partial charge in [-0.2, -0.15) is 9.90 Å². The van der Waals surface area contributed by atoms with Crippen LogP contribution in [0.1, 0.15) is 17.4 Å². The van der Waals surface area contributed by atoms with Gasteiger partial charge >= 0.3 is 0 Å². The monoisotopic (exact) mass is 289 g/mol. The number of nitrogens with one attached hydrogen (secondary N) is 1. The first-order chi connectivity index (χ1) is 10.1. The van der Waals surface area contributed by atoms with Gasteiger partial charge in [0.2, 0.25) is 0 Å². The lowest BCUT2D eigenvalue weighted by atomic mass is 10.2. The summed E-state index contributed by atoms with van der Waals surface area (Å²) < 4.78 is 12.9. The largest absolute Gasteiger partial charge is 0.332 e. The molecule has 0 bridgehead atoms. The zero-order valence-corrected chi connectivity index (χ0v) is 11.7. The van der Waals surface area contributed by atoms with Gasteiger partial charge in [0.25, 0.3) is 5.91 Å². The molecule has 1 aromatic carbocycles. The second-order valence-corrected chi connectivity index (χ2v) is 5.05. The number of aromatic nitrogens is 3. The van der Waals surface area contributed by atoms with E-state index in [0.29, 0.717) is 17.9 Å². The molecule has 21 heavy (non-hydrogen) atoms. The Balaban J connectivity index is 1.81. The Morgan fingerprint density at radius 2 is 2.14 bits per heavy atom. The maximum atomic E-state index is 12.9. The molecule has 2 aromatic rings. The third-order valence-corrected chi connectivity index (χ3v) is 3.53. The van der Waals surface area contributed by atoms with Crippen LogP contribution in [0.3, 0.4) is 0 Å². The molecule has 7 heteroatoms. The molecule has 0 radical (unpaired) electrons.